The standard InChI is InChI=1S/C17H28N2O4/c1-5-8-18-17(21)13-6-7-15(16(9-13)22-4)23-11-14(20)10-19-12(2)3/h6-7,9,12,14,19-20H,5,8,10-11H2,1-4H3,(H,18,21)/t14-/m0/s1. The van der Waals surface area contributed by atoms with E-state index in [9.17, 15) is 9.90 Å². The van der Waals surface area contributed by atoms with Crippen LogP contribution in [0.4, 0.5) is 0 Å². The number of methoxy groups -OCH3 is 1. The largest absolute Gasteiger partial charge is 0.493 e. The third-order valence-corrected chi connectivity index (χ3v) is 3.15. The molecule has 0 fully saturated rings. The van der Waals surface area contributed by atoms with E-state index in [1.807, 2.05) is 20.8 Å². The Morgan fingerprint density at radius 3 is 2.65 bits per heavy atom. The summed E-state index contributed by atoms with van der Waals surface area (Å²) in [5.41, 5.74) is 0.518. The Morgan fingerprint density at radius 2 is 2.04 bits per heavy atom. The van der Waals surface area contributed by atoms with Gasteiger partial charge in [-0.1, -0.05) is 20.8 Å². The second-order valence-electron chi connectivity index (χ2n) is 5.65. The average Bonchev–Trinajstić information content (AvgIpc) is 2.55. The Morgan fingerprint density at radius 1 is 1.30 bits per heavy atom. The van der Waals surface area contributed by atoms with E-state index in [-0.39, 0.29) is 12.5 Å². The number of amides is 1. The molecular weight excluding hydrogens is 296 g/mol. The lowest BCUT2D eigenvalue weighted by atomic mass is 10.2. The van der Waals surface area contributed by atoms with Crippen LogP contribution >= 0.6 is 0 Å². The second kappa shape index (κ2) is 10.1. The van der Waals surface area contributed by atoms with Crippen LogP contribution in [0.15, 0.2) is 18.2 Å². The Bertz CT molecular complexity index is 491. The summed E-state index contributed by atoms with van der Waals surface area (Å²) >= 11 is 0. The first-order chi connectivity index (χ1) is 11.0. The molecule has 3 N–H and O–H groups in total. The highest BCUT2D eigenvalue weighted by molar-refractivity contribution is 5.94. The maximum Gasteiger partial charge on any atom is 0.251 e. The van der Waals surface area contributed by atoms with Gasteiger partial charge in [-0.25, -0.2) is 0 Å². The van der Waals surface area contributed by atoms with Crippen molar-refractivity contribution in [3.8, 4) is 11.5 Å². The van der Waals surface area contributed by atoms with E-state index in [1.54, 1.807) is 18.2 Å². The Kier molecular flexibility index (Phi) is 8.43. The van der Waals surface area contributed by atoms with Gasteiger partial charge in [0, 0.05) is 24.7 Å². The number of carbonyl (C=O) groups is 1. The summed E-state index contributed by atoms with van der Waals surface area (Å²) in [6, 6.07) is 5.31. The van der Waals surface area contributed by atoms with E-state index in [4.69, 9.17) is 9.47 Å². The van der Waals surface area contributed by atoms with Crippen molar-refractivity contribution in [3.63, 3.8) is 0 Å². The maximum atomic E-state index is 11.9. The topological polar surface area (TPSA) is 79.8 Å². The summed E-state index contributed by atoms with van der Waals surface area (Å²) < 4.78 is 10.9. The number of rotatable bonds is 10. The fraction of sp³-hybridized carbons (Fsp3) is 0.588. The summed E-state index contributed by atoms with van der Waals surface area (Å²) in [4.78, 5) is 11.9. The highest BCUT2D eigenvalue weighted by Crippen LogP contribution is 2.28. The van der Waals surface area contributed by atoms with Crippen molar-refractivity contribution in [2.75, 3.05) is 26.8 Å². The van der Waals surface area contributed by atoms with E-state index in [0.717, 1.165) is 6.42 Å². The van der Waals surface area contributed by atoms with E-state index >= 15 is 0 Å². The van der Waals surface area contributed by atoms with Gasteiger partial charge in [-0.2, -0.15) is 0 Å². The van der Waals surface area contributed by atoms with E-state index in [0.29, 0.717) is 36.2 Å². The molecule has 1 atom stereocenters. The lowest BCUT2D eigenvalue weighted by Gasteiger charge is -2.16. The molecule has 1 amide bonds. The fourth-order valence-electron chi connectivity index (χ4n) is 1.89. The van der Waals surface area contributed by atoms with Gasteiger partial charge in [-0.15, -0.1) is 0 Å². The molecule has 6 nitrogen and oxygen atoms in total. The van der Waals surface area contributed by atoms with Gasteiger partial charge in [0.2, 0.25) is 0 Å². The molecule has 0 aromatic heterocycles. The number of benzene rings is 1. The molecule has 0 saturated heterocycles. The molecule has 0 unspecified atom stereocenters. The molecule has 0 aliphatic carbocycles. The van der Waals surface area contributed by atoms with Crippen LogP contribution in [0.2, 0.25) is 0 Å². The number of carbonyl (C=O) groups excluding carboxylic acids is 1. The quantitative estimate of drug-likeness (QED) is 0.609. The van der Waals surface area contributed by atoms with Crippen molar-refractivity contribution in [1.82, 2.24) is 10.6 Å². The molecule has 1 rings (SSSR count). The molecule has 0 saturated carbocycles. The van der Waals surface area contributed by atoms with Gasteiger partial charge in [0.1, 0.15) is 12.7 Å². The lowest BCUT2D eigenvalue weighted by molar-refractivity contribution is 0.0951. The minimum absolute atomic E-state index is 0.141. The summed E-state index contributed by atoms with van der Waals surface area (Å²) in [7, 11) is 1.52. The van der Waals surface area contributed by atoms with Crippen LogP contribution in [0.1, 0.15) is 37.6 Å². The number of ether oxygens (including phenoxy) is 2. The van der Waals surface area contributed by atoms with Crippen LogP contribution in [0.3, 0.4) is 0 Å². The monoisotopic (exact) mass is 324 g/mol. The minimum atomic E-state index is -0.616. The number of aliphatic hydroxyl groups excluding tert-OH is 1. The molecule has 0 aliphatic heterocycles. The van der Waals surface area contributed by atoms with Crippen molar-refractivity contribution in [2.24, 2.45) is 0 Å². The van der Waals surface area contributed by atoms with Crippen LogP contribution in [0, 0.1) is 0 Å². The van der Waals surface area contributed by atoms with Crippen molar-refractivity contribution >= 4 is 5.91 Å². The lowest BCUT2D eigenvalue weighted by Crippen LogP contribution is -2.35. The average molecular weight is 324 g/mol. The van der Waals surface area contributed by atoms with Crippen LogP contribution in [0.25, 0.3) is 0 Å². The molecule has 0 spiro atoms. The SMILES string of the molecule is CCCNC(=O)c1ccc(OC[C@@H](O)CNC(C)C)c(OC)c1. The summed E-state index contributed by atoms with van der Waals surface area (Å²) in [6.07, 6.45) is 0.265. The van der Waals surface area contributed by atoms with Crippen molar-refractivity contribution in [3.05, 3.63) is 23.8 Å². The van der Waals surface area contributed by atoms with E-state index in [2.05, 4.69) is 10.6 Å². The molecule has 0 heterocycles. The molecule has 0 radical (unpaired) electrons. The van der Waals surface area contributed by atoms with Crippen molar-refractivity contribution in [1.29, 1.82) is 0 Å². The molecule has 0 bridgehead atoms. The molecular formula is C17H28N2O4. The second-order valence-corrected chi connectivity index (χ2v) is 5.65. The van der Waals surface area contributed by atoms with Gasteiger partial charge in [-0.3, -0.25) is 4.79 Å². The summed E-state index contributed by atoms with van der Waals surface area (Å²) in [5, 5.41) is 15.8. The predicted octanol–water partition coefficient (Wildman–Crippen LogP) is 1.57. The molecule has 1 aromatic carbocycles. The Hall–Kier alpha value is -1.79. The first-order valence-corrected chi connectivity index (χ1v) is 7.98. The van der Waals surface area contributed by atoms with Crippen LogP contribution in [-0.2, 0) is 0 Å². The summed E-state index contributed by atoms with van der Waals surface area (Å²) in [6.45, 7) is 7.26. The molecule has 6 heteroatoms. The molecule has 0 aliphatic rings. The zero-order valence-electron chi connectivity index (χ0n) is 14.4. The van der Waals surface area contributed by atoms with Gasteiger partial charge < -0.3 is 25.2 Å². The first-order valence-electron chi connectivity index (χ1n) is 7.98. The maximum absolute atomic E-state index is 11.9. The molecule has 130 valence electrons. The van der Waals surface area contributed by atoms with Crippen molar-refractivity contribution in [2.45, 2.75) is 39.3 Å². The third-order valence-electron chi connectivity index (χ3n) is 3.15. The third kappa shape index (κ3) is 6.88. The van der Waals surface area contributed by atoms with Gasteiger partial charge in [0.15, 0.2) is 11.5 Å². The summed E-state index contributed by atoms with van der Waals surface area (Å²) in [5.74, 6) is 0.833. The normalized spacial score (nSPS) is 12.1. The van der Waals surface area contributed by atoms with Gasteiger partial charge in [0.05, 0.1) is 7.11 Å². The number of nitrogens with one attached hydrogen (secondary N) is 2. The zero-order chi connectivity index (χ0) is 17.2. The van der Waals surface area contributed by atoms with Gasteiger partial charge >= 0.3 is 0 Å². The highest BCUT2D eigenvalue weighted by Gasteiger charge is 2.12. The zero-order valence-corrected chi connectivity index (χ0v) is 14.4. The predicted molar refractivity (Wildman–Crippen MR) is 90.3 cm³/mol. The molecule has 23 heavy (non-hydrogen) atoms. The highest BCUT2D eigenvalue weighted by atomic mass is 16.5. The number of aliphatic hydroxyl groups is 1. The Balaban J connectivity index is 2.64. The van der Waals surface area contributed by atoms with Gasteiger partial charge in [-0.05, 0) is 24.6 Å². The molecule has 1 aromatic rings. The minimum Gasteiger partial charge on any atom is -0.493 e. The van der Waals surface area contributed by atoms with E-state index < -0.39 is 6.10 Å². The number of hydrogen-bond donors (Lipinski definition) is 3. The van der Waals surface area contributed by atoms with Crippen LogP contribution in [0.5, 0.6) is 11.5 Å². The first kappa shape index (κ1) is 19.3. The smallest absolute Gasteiger partial charge is 0.251 e. The Labute approximate surface area is 138 Å². The van der Waals surface area contributed by atoms with Crippen molar-refractivity contribution < 1.29 is 19.4 Å². The van der Waals surface area contributed by atoms with Crippen LogP contribution < -0.4 is 20.1 Å². The van der Waals surface area contributed by atoms with Crippen LogP contribution in [-0.4, -0.2) is 50.0 Å². The van der Waals surface area contributed by atoms with E-state index in [1.165, 1.54) is 7.11 Å². The van der Waals surface area contributed by atoms with Gasteiger partial charge in [0.25, 0.3) is 5.91 Å². The fourth-order valence-corrected chi connectivity index (χ4v) is 1.89. The number of hydrogen-bond acceptors (Lipinski definition) is 5.